The van der Waals surface area contributed by atoms with E-state index in [0.717, 1.165) is 11.3 Å². The van der Waals surface area contributed by atoms with Gasteiger partial charge < -0.3 is 20.3 Å². The molecule has 0 aliphatic rings. The van der Waals surface area contributed by atoms with E-state index < -0.39 is 5.97 Å². The van der Waals surface area contributed by atoms with Gasteiger partial charge in [-0.3, -0.25) is 0 Å². The molecule has 2 aromatic rings. The van der Waals surface area contributed by atoms with Gasteiger partial charge in [-0.2, -0.15) is 0 Å². The molecule has 0 aliphatic heterocycles. The highest BCUT2D eigenvalue weighted by Gasteiger charge is 2.05. The molecule has 2 aromatic carbocycles. The molecule has 20 heavy (non-hydrogen) atoms. The second kappa shape index (κ2) is 5.97. The molecule has 0 amide bonds. The average molecular weight is 273 g/mol. The van der Waals surface area contributed by atoms with Gasteiger partial charge in [0, 0.05) is 12.2 Å². The van der Waals surface area contributed by atoms with Crippen LogP contribution in [0, 0.1) is 0 Å². The van der Waals surface area contributed by atoms with Crippen LogP contribution in [0.4, 0.5) is 5.69 Å². The molecule has 2 rings (SSSR count). The molecule has 0 saturated carbocycles. The molecule has 0 atom stereocenters. The number of methoxy groups -OCH3 is 1. The topological polar surface area (TPSA) is 78.8 Å². The van der Waals surface area contributed by atoms with Gasteiger partial charge in [-0.05, 0) is 35.9 Å². The Labute approximate surface area is 116 Å². The maximum absolute atomic E-state index is 10.9. The van der Waals surface area contributed by atoms with Gasteiger partial charge in [0.25, 0.3) is 0 Å². The van der Waals surface area contributed by atoms with Crippen LogP contribution in [0.5, 0.6) is 11.5 Å². The number of anilines is 1. The lowest BCUT2D eigenvalue weighted by molar-refractivity contribution is 0.0697. The summed E-state index contributed by atoms with van der Waals surface area (Å²) in [5.74, 6) is -0.465. The van der Waals surface area contributed by atoms with Gasteiger partial charge in [0.15, 0.2) is 11.5 Å². The third kappa shape index (κ3) is 3.20. The SMILES string of the molecule is COc1cc(CNc2cccc(C(=O)O)c2)ccc1O. The quantitative estimate of drug-likeness (QED) is 0.780. The summed E-state index contributed by atoms with van der Waals surface area (Å²) in [6, 6.07) is 11.6. The summed E-state index contributed by atoms with van der Waals surface area (Å²) in [7, 11) is 1.49. The number of phenolic OH excluding ortho intramolecular Hbond substituents is 1. The largest absolute Gasteiger partial charge is 0.504 e. The van der Waals surface area contributed by atoms with Crippen LogP contribution < -0.4 is 10.1 Å². The van der Waals surface area contributed by atoms with E-state index in [0.29, 0.717) is 12.3 Å². The zero-order valence-corrected chi connectivity index (χ0v) is 11.0. The summed E-state index contributed by atoms with van der Waals surface area (Å²) in [4.78, 5) is 10.9. The number of hydrogen-bond donors (Lipinski definition) is 3. The Balaban J connectivity index is 2.08. The number of aromatic carboxylic acids is 1. The Morgan fingerprint density at radius 3 is 2.75 bits per heavy atom. The number of nitrogens with one attached hydrogen (secondary N) is 1. The van der Waals surface area contributed by atoms with Crippen molar-refractivity contribution in [3.8, 4) is 11.5 Å². The summed E-state index contributed by atoms with van der Waals surface area (Å²) in [5.41, 5.74) is 1.87. The summed E-state index contributed by atoms with van der Waals surface area (Å²) in [6.45, 7) is 0.500. The summed E-state index contributed by atoms with van der Waals surface area (Å²) < 4.78 is 5.03. The third-order valence-electron chi connectivity index (χ3n) is 2.85. The van der Waals surface area contributed by atoms with Gasteiger partial charge in [-0.1, -0.05) is 12.1 Å². The summed E-state index contributed by atoms with van der Waals surface area (Å²) >= 11 is 0. The maximum atomic E-state index is 10.9. The van der Waals surface area contributed by atoms with E-state index in [2.05, 4.69) is 5.32 Å². The number of aromatic hydroxyl groups is 1. The molecule has 0 heterocycles. The average Bonchev–Trinajstić information content (AvgIpc) is 2.46. The molecule has 104 valence electrons. The minimum atomic E-state index is -0.958. The molecule has 0 saturated heterocycles. The molecule has 0 radical (unpaired) electrons. The van der Waals surface area contributed by atoms with E-state index >= 15 is 0 Å². The predicted octanol–water partition coefficient (Wildman–Crippen LogP) is 2.71. The van der Waals surface area contributed by atoms with Crippen molar-refractivity contribution in [3.05, 3.63) is 53.6 Å². The second-order valence-corrected chi connectivity index (χ2v) is 4.25. The van der Waals surface area contributed by atoms with Crippen molar-refractivity contribution in [3.63, 3.8) is 0 Å². The molecule has 0 unspecified atom stereocenters. The van der Waals surface area contributed by atoms with Gasteiger partial charge in [0.05, 0.1) is 12.7 Å². The first kappa shape index (κ1) is 13.7. The first-order chi connectivity index (χ1) is 9.60. The fourth-order valence-electron chi connectivity index (χ4n) is 1.80. The first-order valence-corrected chi connectivity index (χ1v) is 6.03. The standard InChI is InChI=1S/C15H15NO4/c1-20-14-7-10(5-6-13(14)17)9-16-12-4-2-3-11(8-12)15(18)19/h2-8,16-17H,9H2,1H3,(H,18,19). The smallest absolute Gasteiger partial charge is 0.335 e. The number of ether oxygens (including phenoxy) is 1. The van der Waals surface area contributed by atoms with Gasteiger partial charge in [-0.25, -0.2) is 4.79 Å². The van der Waals surface area contributed by atoms with Crippen LogP contribution in [0.15, 0.2) is 42.5 Å². The van der Waals surface area contributed by atoms with Crippen molar-refractivity contribution in [1.82, 2.24) is 0 Å². The van der Waals surface area contributed by atoms with Crippen LogP contribution >= 0.6 is 0 Å². The number of carboxylic acid groups (broad SMARTS) is 1. The summed E-state index contributed by atoms with van der Waals surface area (Å²) in [6.07, 6.45) is 0. The highest BCUT2D eigenvalue weighted by Crippen LogP contribution is 2.26. The van der Waals surface area contributed by atoms with Crippen LogP contribution in [-0.2, 0) is 6.54 Å². The maximum Gasteiger partial charge on any atom is 0.335 e. The van der Waals surface area contributed by atoms with E-state index in [4.69, 9.17) is 9.84 Å². The van der Waals surface area contributed by atoms with E-state index in [1.54, 1.807) is 36.4 Å². The highest BCUT2D eigenvalue weighted by molar-refractivity contribution is 5.88. The van der Waals surface area contributed by atoms with Crippen molar-refractivity contribution in [2.75, 3.05) is 12.4 Å². The number of carboxylic acids is 1. The number of carbonyl (C=O) groups is 1. The number of hydrogen-bond acceptors (Lipinski definition) is 4. The fraction of sp³-hybridized carbons (Fsp3) is 0.133. The molecule has 0 aliphatic carbocycles. The van der Waals surface area contributed by atoms with Gasteiger partial charge >= 0.3 is 5.97 Å². The monoisotopic (exact) mass is 273 g/mol. The molecule has 0 aromatic heterocycles. The number of rotatable bonds is 5. The van der Waals surface area contributed by atoms with Crippen molar-refractivity contribution in [2.45, 2.75) is 6.54 Å². The van der Waals surface area contributed by atoms with E-state index in [1.807, 2.05) is 0 Å². The molecule has 5 nitrogen and oxygen atoms in total. The number of phenols is 1. The zero-order valence-electron chi connectivity index (χ0n) is 11.0. The molecule has 3 N–H and O–H groups in total. The Morgan fingerprint density at radius 1 is 1.25 bits per heavy atom. The fourth-order valence-corrected chi connectivity index (χ4v) is 1.80. The van der Waals surface area contributed by atoms with Crippen molar-refractivity contribution in [2.24, 2.45) is 0 Å². The Bertz CT molecular complexity index is 625. The van der Waals surface area contributed by atoms with Crippen LogP contribution in [0.1, 0.15) is 15.9 Å². The lowest BCUT2D eigenvalue weighted by atomic mass is 10.1. The summed E-state index contributed by atoms with van der Waals surface area (Å²) in [5, 5.41) is 21.6. The van der Waals surface area contributed by atoms with Crippen molar-refractivity contribution in [1.29, 1.82) is 0 Å². The van der Waals surface area contributed by atoms with Gasteiger partial charge in [-0.15, -0.1) is 0 Å². The van der Waals surface area contributed by atoms with E-state index in [9.17, 15) is 9.90 Å². The van der Waals surface area contributed by atoms with Crippen LogP contribution in [0.3, 0.4) is 0 Å². The number of benzene rings is 2. The van der Waals surface area contributed by atoms with Crippen LogP contribution in [-0.4, -0.2) is 23.3 Å². The highest BCUT2D eigenvalue weighted by atomic mass is 16.5. The van der Waals surface area contributed by atoms with Crippen molar-refractivity contribution < 1.29 is 19.7 Å². The molecular weight excluding hydrogens is 258 g/mol. The van der Waals surface area contributed by atoms with E-state index in [-0.39, 0.29) is 11.3 Å². The molecule has 0 bridgehead atoms. The van der Waals surface area contributed by atoms with Crippen LogP contribution in [0.2, 0.25) is 0 Å². The minimum Gasteiger partial charge on any atom is -0.504 e. The predicted molar refractivity (Wildman–Crippen MR) is 75.4 cm³/mol. The zero-order chi connectivity index (χ0) is 14.5. The van der Waals surface area contributed by atoms with E-state index in [1.165, 1.54) is 13.2 Å². The van der Waals surface area contributed by atoms with Gasteiger partial charge in [0.1, 0.15) is 0 Å². The van der Waals surface area contributed by atoms with Crippen molar-refractivity contribution >= 4 is 11.7 Å². The Hall–Kier alpha value is -2.69. The first-order valence-electron chi connectivity index (χ1n) is 6.03. The normalized spacial score (nSPS) is 10.1. The van der Waals surface area contributed by atoms with Gasteiger partial charge in [0.2, 0.25) is 0 Å². The molecular formula is C15H15NO4. The molecule has 5 heteroatoms. The minimum absolute atomic E-state index is 0.0872. The molecule has 0 fully saturated rings. The lowest BCUT2D eigenvalue weighted by Crippen LogP contribution is -2.02. The van der Waals surface area contributed by atoms with Crippen LogP contribution in [0.25, 0.3) is 0 Å². The third-order valence-corrected chi connectivity index (χ3v) is 2.85. The Kier molecular flexibility index (Phi) is 4.10. The lowest BCUT2D eigenvalue weighted by Gasteiger charge is -2.09. The second-order valence-electron chi connectivity index (χ2n) is 4.25. The Morgan fingerprint density at radius 2 is 2.05 bits per heavy atom. The molecule has 0 spiro atoms.